The molecule has 5 heteroatoms. The Kier molecular flexibility index (Phi) is 3.66. The minimum absolute atomic E-state index is 0.0777. The van der Waals surface area contributed by atoms with Crippen LogP contribution in [0.3, 0.4) is 0 Å². The van der Waals surface area contributed by atoms with Crippen molar-refractivity contribution in [3.8, 4) is 10.6 Å². The number of hydrogen-bond acceptors (Lipinski definition) is 4. The summed E-state index contributed by atoms with van der Waals surface area (Å²) in [5.41, 5.74) is 0.572. The molecule has 0 atom stereocenters. The van der Waals surface area contributed by atoms with Crippen LogP contribution >= 0.6 is 11.3 Å². The number of aromatic nitrogens is 2. The number of carbonyl (C=O) groups is 1. The number of carbonyl (C=O) groups excluding carboxylic acids is 1. The van der Waals surface area contributed by atoms with Gasteiger partial charge in [-0.05, 0) is 12.1 Å². The van der Waals surface area contributed by atoms with E-state index in [0.29, 0.717) is 0 Å². The van der Waals surface area contributed by atoms with E-state index in [1.54, 1.807) is 30.5 Å². The van der Waals surface area contributed by atoms with Gasteiger partial charge in [0.05, 0.1) is 6.20 Å². The van der Waals surface area contributed by atoms with Crippen LogP contribution in [0.1, 0.15) is 20.8 Å². The minimum atomic E-state index is -0.396. The zero-order chi connectivity index (χ0) is 14.0. The molecule has 2 heterocycles. The summed E-state index contributed by atoms with van der Waals surface area (Å²) in [7, 11) is 1.79. The van der Waals surface area contributed by atoms with Gasteiger partial charge in [-0.15, -0.1) is 0 Å². The van der Waals surface area contributed by atoms with E-state index in [2.05, 4.69) is 9.97 Å². The molecule has 19 heavy (non-hydrogen) atoms. The average molecular weight is 275 g/mol. The maximum atomic E-state index is 12.2. The zero-order valence-corrected chi connectivity index (χ0v) is 12.4. The van der Waals surface area contributed by atoms with Crippen molar-refractivity contribution in [2.75, 3.05) is 11.9 Å². The molecule has 0 bridgehead atoms. The van der Waals surface area contributed by atoms with Gasteiger partial charge in [0, 0.05) is 30.4 Å². The van der Waals surface area contributed by atoms with Gasteiger partial charge in [-0.25, -0.2) is 4.98 Å². The van der Waals surface area contributed by atoms with Gasteiger partial charge in [0.1, 0.15) is 10.0 Å². The van der Waals surface area contributed by atoms with Crippen LogP contribution in [0.5, 0.6) is 0 Å². The quantitative estimate of drug-likeness (QED) is 0.845. The third kappa shape index (κ3) is 2.98. The molecule has 1 amide bonds. The monoisotopic (exact) mass is 275 g/mol. The second-order valence-corrected chi connectivity index (χ2v) is 6.37. The van der Waals surface area contributed by atoms with Crippen LogP contribution in [0.2, 0.25) is 0 Å². The highest BCUT2D eigenvalue weighted by Crippen LogP contribution is 2.31. The Hall–Kier alpha value is -1.75. The number of amides is 1. The molecule has 0 aliphatic carbocycles. The summed E-state index contributed by atoms with van der Waals surface area (Å²) in [5, 5.41) is 1.72. The highest BCUT2D eigenvalue weighted by molar-refractivity contribution is 7.19. The first-order chi connectivity index (χ1) is 8.89. The lowest BCUT2D eigenvalue weighted by Crippen LogP contribution is -2.36. The molecule has 4 nitrogen and oxygen atoms in total. The van der Waals surface area contributed by atoms with Crippen LogP contribution in [-0.4, -0.2) is 22.9 Å². The molecule has 0 fully saturated rings. The topological polar surface area (TPSA) is 46.1 Å². The standard InChI is InChI=1S/C14H17N3OS/c1-14(2,3)13(18)17(4)11-9-16-12(19-11)10-6-5-7-15-8-10/h5-9H,1-4H3. The molecule has 0 spiro atoms. The van der Waals surface area contributed by atoms with Crippen molar-refractivity contribution in [1.82, 2.24) is 9.97 Å². The van der Waals surface area contributed by atoms with Crippen LogP contribution < -0.4 is 4.90 Å². The maximum Gasteiger partial charge on any atom is 0.232 e. The lowest BCUT2D eigenvalue weighted by Gasteiger charge is -2.24. The van der Waals surface area contributed by atoms with Crippen molar-refractivity contribution in [3.63, 3.8) is 0 Å². The normalized spacial score (nSPS) is 11.4. The van der Waals surface area contributed by atoms with E-state index in [-0.39, 0.29) is 5.91 Å². The van der Waals surface area contributed by atoms with Gasteiger partial charge in [-0.2, -0.15) is 0 Å². The third-order valence-corrected chi connectivity index (χ3v) is 3.80. The second-order valence-electron chi connectivity index (χ2n) is 5.36. The van der Waals surface area contributed by atoms with Crippen molar-refractivity contribution in [3.05, 3.63) is 30.7 Å². The zero-order valence-electron chi connectivity index (χ0n) is 11.5. The summed E-state index contributed by atoms with van der Waals surface area (Å²) in [5.74, 6) is 0.0777. The fraction of sp³-hybridized carbons (Fsp3) is 0.357. The van der Waals surface area contributed by atoms with E-state index in [9.17, 15) is 4.79 Å². The number of pyridine rings is 1. The Morgan fingerprint density at radius 1 is 1.32 bits per heavy atom. The molecule has 0 saturated carbocycles. The second kappa shape index (κ2) is 5.09. The molecule has 0 aromatic carbocycles. The first-order valence-corrected chi connectivity index (χ1v) is 6.85. The van der Waals surface area contributed by atoms with E-state index in [1.165, 1.54) is 11.3 Å². The van der Waals surface area contributed by atoms with Crippen LogP contribution in [0.25, 0.3) is 10.6 Å². The largest absolute Gasteiger partial charge is 0.305 e. The van der Waals surface area contributed by atoms with Crippen LogP contribution in [-0.2, 0) is 4.79 Å². The fourth-order valence-corrected chi connectivity index (χ4v) is 2.51. The number of hydrogen-bond donors (Lipinski definition) is 0. The van der Waals surface area contributed by atoms with Crippen LogP contribution in [0, 0.1) is 5.41 Å². The summed E-state index contributed by atoms with van der Waals surface area (Å²) in [6, 6.07) is 3.83. The Labute approximate surface area is 117 Å². The summed E-state index contributed by atoms with van der Waals surface area (Å²) in [4.78, 5) is 22.3. The highest BCUT2D eigenvalue weighted by Gasteiger charge is 2.26. The van der Waals surface area contributed by atoms with E-state index in [0.717, 1.165) is 15.6 Å². The Morgan fingerprint density at radius 3 is 2.63 bits per heavy atom. The first-order valence-electron chi connectivity index (χ1n) is 6.04. The molecule has 0 unspecified atom stereocenters. The molecule has 2 aromatic rings. The molecular weight excluding hydrogens is 258 g/mol. The van der Waals surface area contributed by atoms with Gasteiger partial charge in [0.15, 0.2) is 0 Å². The molecule has 0 aliphatic heterocycles. The minimum Gasteiger partial charge on any atom is -0.305 e. The number of nitrogens with zero attached hydrogens (tertiary/aromatic N) is 3. The lowest BCUT2D eigenvalue weighted by molar-refractivity contribution is -0.125. The smallest absolute Gasteiger partial charge is 0.232 e. The van der Waals surface area contributed by atoms with Gasteiger partial charge in [0.2, 0.25) is 5.91 Å². The molecular formula is C14H17N3OS. The molecule has 0 aliphatic rings. The molecule has 0 N–H and O–H groups in total. The average Bonchev–Trinajstić information content (AvgIpc) is 2.86. The van der Waals surface area contributed by atoms with E-state index >= 15 is 0 Å². The van der Waals surface area contributed by atoms with E-state index in [4.69, 9.17) is 0 Å². The summed E-state index contributed by atoms with van der Waals surface area (Å²) < 4.78 is 0. The molecule has 0 saturated heterocycles. The number of rotatable bonds is 2. The first kappa shape index (κ1) is 13.7. The Morgan fingerprint density at radius 2 is 2.05 bits per heavy atom. The molecule has 0 radical (unpaired) electrons. The molecule has 2 aromatic heterocycles. The number of anilines is 1. The van der Waals surface area contributed by atoms with Crippen molar-refractivity contribution in [1.29, 1.82) is 0 Å². The lowest BCUT2D eigenvalue weighted by atomic mass is 9.95. The van der Waals surface area contributed by atoms with Crippen LogP contribution in [0.15, 0.2) is 30.7 Å². The Balaban J connectivity index is 2.25. The van der Waals surface area contributed by atoms with E-state index in [1.807, 2.05) is 32.9 Å². The predicted molar refractivity (Wildman–Crippen MR) is 78.2 cm³/mol. The summed E-state index contributed by atoms with van der Waals surface area (Å²) >= 11 is 1.49. The third-order valence-electron chi connectivity index (χ3n) is 2.68. The van der Waals surface area contributed by atoms with Crippen LogP contribution in [0.4, 0.5) is 5.00 Å². The van der Waals surface area contributed by atoms with Crippen molar-refractivity contribution >= 4 is 22.2 Å². The summed E-state index contributed by atoms with van der Waals surface area (Å²) in [6.45, 7) is 5.73. The van der Waals surface area contributed by atoms with Crippen molar-refractivity contribution < 1.29 is 4.79 Å². The predicted octanol–water partition coefficient (Wildman–Crippen LogP) is 3.21. The SMILES string of the molecule is CN(C(=O)C(C)(C)C)c1cnc(-c2cccnc2)s1. The Bertz CT molecular complexity index is 572. The maximum absolute atomic E-state index is 12.2. The molecule has 2 rings (SSSR count). The highest BCUT2D eigenvalue weighted by atomic mass is 32.1. The van der Waals surface area contributed by atoms with Crippen molar-refractivity contribution in [2.24, 2.45) is 5.41 Å². The summed E-state index contributed by atoms with van der Waals surface area (Å²) in [6.07, 6.45) is 5.23. The number of thiazole rings is 1. The van der Waals surface area contributed by atoms with Gasteiger partial charge in [-0.1, -0.05) is 32.1 Å². The van der Waals surface area contributed by atoms with Gasteiger partial charge >= 0.3 is 0 Å². The molecule has 100 valence electrons. The van der Waals surface area contributed by atoms with Crippen molar-refractivity contribution in [2.45, 2.75) is 20.8 Å². The fourth-order valence-electron chi connectivity index (χ4n) is 1.65. The van der Waals surface area contributed by atoms with Gasteiger partial charge < -0.3 is 4.90 Å². The van der Waals surface area contributed by atoms with Gasteiger partial charge in [-0.3, -0.25) is 9.78 Å². The van der Waals surface area contributed by atoms with Gasteiger partial charge in [0.25, 0.3) is 0 Å². The van der Waals surface area contributed by atoms with E-state index < -0.39 is 5.41 Å².